The standard InChI is InChI=1S/C10H12FNO4/c1-15-7-3-5(6(13)4-12)9(14)8(11)10(7)16-2/h3,14H,4,12H2,1-2H3. The van der Waals surface area contributed by atoms with Crippen LogP contribution in [0.5, 0.6) is 17.2 Å². The SMILES string of the molecule is COc1cc(C(=O)CN)c(O)c(F)c1OC. The molecule has 0 atom stereocenters. The van der Waals surface area contributed by atoms with Crippen molar-refractivity contribution in [3.63, 3.8) is 0 Å². The topological polar surface area (TPSA) is 81.8 Å². The Balaban J connectivity index is 3.44. The Morgan fingerprint density at radius 2 is 2.12 bits per heavy atom. The monoisotopic (exact) mass is 229 g/mol. The minimum atomic E-state index is -1.04. The summed E-state index contributed by atoms with van der Waals surface area (Å²) in [5, 5.41) is 9.44. The maximum Gasteiger partial charge on any atom is 0.211 e. The molecule has 0 radical (unpaired) electrons. The normalized spacial score (nSPS) is 10.0. The van der Waals surface area contributed by atoms with Crippen LogP contribution in [-0.4, -0.2) is 31.7 Å². The van der Waals surface area contributed by atoms with E-state index in [1.807, 2.05) is 0 Å². The molecule has 88 valence electrons. The van der Waals surface area contributed by atoms with Gasteiger partial charge in [-0.3, -0.25) is 4.79 Å². The maximum absolute atomic E-state index is 13.6. The molecule has 0 spiro atoms. The first kappa shape index (κ1) is 12.3. The number of carbonyl (C=O) groups is 1. The average molecular weight is 229 g/mol. The molecule has 6 heteroatoms. The number of phenols is 1. The molecule has 0 saturated heterocycles. The van der Waals surface area contributed by atoms with Gasteiger partial charge < -0.3 is 20.3 Å². The van der Waals surface area contributed by atoms with Gasteiger partial charge in [0.15, 0.2) is 17.3 Å². The van der Waals surface area contributed by atoms with E-state index in [4.69, 9.17) is 15.2 Å². The molecule has 16 heavy (non-hydrogen) atoms. The van der Waals surface area contributed by atoms with Gasteiger partial charge in [-0.1, -0.05) is 0 Å². The summed E-state index contributed by atoms with van der Waals surface area (Å²) in [5.41, 5.74) is 4.91. The predicted octanol–water partition coefficient (Wildman–Crippen LogP) is 0.690. The highest BCUT2D eigenvalue weighted by Crippen LogP contribution is 2.38. The Kier molecular flexibility index (Phi) is 3.68. The third-order valence-corrected chi connectivity index (χ3v) is 2.07. The van der Waals surface area contributed by atoms with Crippen LogP contribution < -0.4 is 15.2 Å². The minimum absolute atomic E-state index is 0.0228. The number of rotatable bonds is 4. The number of hydrogen-bond donors (Lipinski definition) is 2. The number of Topliss-reactive ketones (excluding diaryl/α,β-unsaturated/α-hetero) is 1. The van der Waals surface area contributed by atoms with Crippen molar-refractivity contribution >= 4 is 5.78 Å². The van der Waals surface area contributed by atoms with Crippen molar-refractivity contribution in [3.8, 4) is 17.2 Å². The lowest BCUT2D eigenvalue weighted by Crippen LogP contribution is -2.14. The molecule has 1 aromatic rings. The summed E-state index contributed by atoms with van der Waals surface area (Å²) in [6.45, 7) is -0.331. The fraction of sp³-hybridized carbons (Fsp3) is 0.300. The molecule has 0 amide bonds. The van der Waals surface area contributed by atoms with E-state index in [2.05, 4.69) is 0 Å². The van der Waals surface area contributed by atoms with Crippen LogP contribution in [0.4, 0.5) is 4.39 Å². The van der Waals surface area contributed by atoms with Crippen molar-refractivity contribution in [2.24, 2.45) is 5.73 Å². The van der Waals surface area contributed by atoms with Crippen molar-refractivity contribution in [2.75, 3.05) is 20.8 Å². The molecule has 0 saturated carbocycles. The van der Waals surface area contributed by atoms with E-state index < -0.39 is 17.3 Å². The second-order valence-electron chi connectivity index (χ2n) is 2.95. The molecule has 0 fully saturated rings. The van der Waals surface area contributed by atoms with Crippen molar-refractivity contribution in [3.05, 3.63) is 17.4 Å². The fourth-order valence-electron chi connectivity index (χ4n) is 1.26. The Morgan fingerprint density at radius 3 is 2.56 bits per heavy atom. The molecule has 0 bridgehead atoms. The van der Waals surface area contributed by atoms with Crippen molar-refractivity contribution in [2.45, 2.75) is 0 Å². The summed E-state index contributed by atoms with van der Waals surface area (Å²) in [6.07, 6.45) is 0. The molecule has 5 nitrogen and oxygen atoms in total. The number of hydrogen-bond acceptors (Lipinski definition) is 5. The van der Waals surface area contributed by atoms with Crippen LogP contribution in [0, 0.1) is 5.82 Å². The molecule has 1 rings (SSSR count). The fourth-order valence-corrected chi connectivity index (χ4v) is 1.26. The van der Waals surface area contributed by atoms with Crippen LogP contribution in [-0.2, 0) is 0 Å². The minimum Gasteiger partial charge on any atom is -0.504 e. The van der Waals surface area contributed by atoms with Crippen molar-refractivity contribution in [1.29, 1.82) is 0 Å². The van der Waals surface area contributed by atoms with Crippen molar-refractivity contribution < 1.29 is 23.8 Å². The molecule has 0 heterocycles. The summed E-state index contributed by atoms with van der Waals surface area (Å²) in [7, 11) is 2.52. The Labute approximate surface area is 91.6 Å². The summed E-state index contributed by atoms with van der Waals surface area (Å²) >= 11 is 0. The second-order valence-corrected chi connectivity index (χ2v) is 2.95. The number of halogens is 1. The summed E-state index contributed by atoms with van der Waals surface area (Å²) in [5.74, 6) is -2.65. The lowest BCUT2D eigenvalue weighted by molar-refractivity contribution is 0.0997. The number of aromatic hydroxyl groups is 1. The zero-order chi connectivity index (χ0) is 12.3. The smallest absolute Gasteiger partial charge is 0.211 e. The highest BCUT2D eigenvalue weighted by Gasteiger charge is 2.22. The van der Waals surface area contributed by atoms with Gasteiger partial charge >= 0.3 is 0 Å². The average Bonchev–Trinajstić information content (AvgIpc) is 2.31. The van der Waals surface area contributed by atoms with Crippen LogP contribution in [0.3, 0.4) is 0 Å². The number of ether oxygens (including phenoxy) is 2. The largest absolute Gasteiger partial charge is 0.504 e. The van der Waals surface area contributed by atoms with Crippen LogP contribution in [0.25, 0.3) is 0 Å². The van der Waals surface area contributed by atoms with E-state index in [0.717, 1.165) is 0 Å². The second kappa shape index (κ2) is 4.80. The lowest BCUT2D eigenvalue weighted by atomic mass is 10.1. The molecule has 3 N–H and O–H groups in total. The van der Waals surface area contributed by atoms with Crippen LogP contribution in [0.2, 0.25) is 0 Å². The number of phenolic OH excluding ortho intramolecular Hbond substituents is 1. The Morgan fingerprint density at radius 1 is 1.50 bits per heavy atom. The number of methoxy groups -OCH3 is 2. The van der Waals surface area contributed by atoms with Crippen molar-refractivity contribution in [1.82, 2.24) is 0 Å². The Hall–Kier alpha value is -1.82. The van der Waals surface area contributed by atoms with E-state index in [9.17, 15) is 14.3 Å². The first-order valence-corrected chi connectivity index (χ1v) is 4.43. The van der Waals surface area contributed by atoms with E-state index in [1.165, 1.54) is 20.3 Å². The van der Waals surface area contributed by atoms with Gasteiger partial charge in [0, 0.05) is 0 Å². The van der Waals surface area contributed by atoms with Gasteiger partial charge in [-0.2, -0.15) is 4.39 Å². The molecule has 0 aliphatic heterocycles. The Bertz CT molecular complexity index is 420. The molecule has 0 aliphatic carbocycles. The van der Waals surface area contributed by atoms with Crippen LogP contribution in [0.1, 0.15) is 10.4 Å². The summed E-state index contributed by atoms with van der Waals surface area (Å²) in [6, 6.07) is 1.19. The van der Waals surface area contributed by atoms with E-state index in [-0.39, 0.29) is 23.6 Å². The number of benzene rings is 1. The summed E-state index contributed by atoms with van der Waals surface area (Å²) in [4.78, 5) is 11.3. The van der Waals surface area contributed by atoms with Gasteiger partial charge in [0.25, 0.3) is 0 Å². The van der Waals surface area contributed by atoms with Gasteiger partial charge in [0.05, 0.1) is 26.3 Å². The molecule has 0 unspecified atom stereocenters. The molecular weight excluding hydrogens is 217 g/mol. The highest BCUT2D eigenvalue weighted by molar-refractivity contribution is 6.00. The van der Waals surface area contributed by atoms with Gasteiger partial charge in [0.2, 0.25) is 11.6 Å². The molecule has 0 aliphatic rings. The van der Waals surface area contributed by atoms with E-state index >= 15 is 0 Å². The highest BCUT2D eigenvalue weighted by atomic mass is 19.1. The number of ketones is 1. The molecular formula is C10H12FNO4. The molecule has 1 aromatic carbocycles. The first-order chi connectivity index (χ1) is 7.56. The lowest BCUT2D eigenvalue weighted by Gasteiger charge is -2.12. The number of nitrogens with two attached hydrogens (primary N) is 1. The predicted molar refractivity (Wildman–Crippen MR) is 54.6 cm³/mol. The quantitative estimate of drug-likeness (QED) is 0.742. The zero-order valence-electron chi connectivity index (χ0n) is 8.91. The van der Waals surface area contributed by atoms with E-state index in [0.29, 0.717) is 0 Å². The summed E-state index contributed by atoms with van der Waals surface area (Å²) < 4.78 is 23.1. The van der Waals surface area contributed by atoms with Gasteiger partial charge in [-0.15, -0.1) is 0 Å². The number of carbonyl (C=O) groups excluding carboxylic acids is 1. The van der Waals surface area contributed by atoms with Crippen LogP contribution >= 0.6 is 0 Å². The third kappa shape index (κ3) is 1.92. The maximum atomic E-state index is 13.6. The third-order valence-electron chi connectivity index (χ3n) is 2.07. The molecule has 0 aromatic heterocycles. The first-order valence-electron chi connectivity index (χ1n) is 4.43. The zero-order valence-corrected chi connectivity index (χ0v) is 8.91. The van der Waals surface area contributed by atoms with Gasteiger partial charge in [0.1, 0.15) is 0 Å². The van der Waals surface area contributed by atoms with Gasteiger partial charge in [-0.25, -0.2) is 0 Å². The van der Waals surface area contributed by atoms with E-state index in [1.54, 1.807) is 0 Å². The van der Waals surface area contributed by atoms with Gasteiger partial charge in [-0.05, 0) is 6.07 Å². The van der Waals surface area contributed by atoms with Crippen LogP contribution in [0.15, 0.2) is 6.07 Å².